The highest BCUT2D eigenvalue weighted by Gasteiger charge is 2.21. The summed E-state index contributed by atoms with van der Waals surface area (Å²) in [5.74, 6) is 0. The van der Waals surface area contributed by atoms with Crippen LogP contribution in [-0.4, -0.2) is 13.4 Å². The summed E-state index contributed by atoms with van der Waals surface area (Å²) in [5, 5.41) is 0. The number of pyridine rings is 1. The molecule has 0 bridgehead atoms. The normalized spacial score (nSPS) is 12.6. The summed E-state index contributed by atoms with van der Waals surface area (Å²) in [6.45, 7) is 6.48. The molecule has 2 rings (SSSR count). The molecule has 0 saturated carbocycles. The largest absolute Gasteiger partial charge is 0.265 e. The van der Waals surface area contributed by atoms with Crippen LogP contribution in [-0.2, 0) is 22.0 Å². The smallest absolute Gasteiger partial charge is 0.250 e. The summed E-state index contributed by atoms with van der Waals surface area (Å²) in [4.78, 5) is 4.96. The van der Waals surface area contributed by atoms with Crippen molar-refractivity contribution < 1.29 is 8.42 Å². The average molecular weight is 310 g/mol. The number of hydrogen-bond acceptors (Lipinski definition) is 4. The van der Waals surface area contributed by atoms with Crippen molar-refractivity contribution in [2.75, 3.05) is 0 Å². The van der Waals surface area contributed by atoms with Crippen molar-refractivity contribution in [2.24, 2.45) is 0 Å². The number of nitrogens with zero attached hydrogens (tertiary/aromatic N) is 1. The monoisotopic (exact) mass is 310 g/mol. The van der Waals surface area contributed by atoms with E-state index in [4.69, 9.17) is 0 Å². The fourth-order valence-electron chi connectivity index (χ4n) is 1.62. The minimum absolute atomic E-state index is 0.0382. The average Bonchev–Trinajstić information content (AvgIpc) is 2.88. The van der Waals surface area contributed by atoms with E-state index in [1.807, 2.05) is 6.07 Å². The van der Waals surface area contributed by atoms with Gasteiger partial charge in [0.05, 0.1) is 0 Å². The molecule has 108 valence electrons. The summed E-state index contributed by atoms with van der Waals surface area (Å²) in [5.41, 5.74) is 0.847. The number of aromatic nitrogens is 1. The molecule has 0 amide bonds. The molecule has 20 heavy (non-hydrogen) atoms. The number of nitrogens with one attached hydrogen (secondary N) is 1. The van der Waals surface area contributed by atoms with Gasteiger partial charge in [-0.15, -0.1) is 11.3 Å². The van der Waals surface area contributed by atoms with Gasteiger partial charge in [-0.2, -0.15) is 0 Å². The van der Waals surface area contributed by atoms with Crippen LogP contribution in [0.25, 0.3) is 0 Å². The Hall–Kier alpha value is -1.24. The standard InChI is InChI=1S/C14H18N2O2S2/c1-14(2,3)12-4-5-13(19-12)20(17,18)16-10-11-6-8-15-9-7-11/h4-9,16H,10H2,1-3H3. The van der Waals surface area contributed by atoms with Crippen molar-refractivity contribution in [3.05, 3.63) is 47.1 Å². The Kier molecular flexibility index (Phi) is 4.27. The second-order valence-corrected chi connectivity index (χ2v) is 8.63. The van der Waals surface area contributed by atoms with Crippen LogP contribution in [0.1, 0.15) is 31.2 Å². The molecule has 0 aliphatic rings. The highest BCUT2D eigenvalue weighted by atomic mass is 32.2. The first kappa shape index (κ1) is 15.2. The van der Waals surface area contributed by atoms with Crippen molar-refractivity contribution in [2.45, 2.75) is 36.9 Å². The topological polar surface area (TPSA) is 59.1 Å². The maximum Gasteiger partial charge on any atom is 0.250 e. The van der Waals surface area contributed by atoms with Gasteiger partial charge in [-0.1, -0.05) is 20.8 Å². The molecule has 0 aromatic carbocycles. The zero-order valence-corrected chi connectivity index (χ0v) is 13.4. The van der Waals surface area contributed by atoms with Crippen LogP contribution < -0.4 is 4.72 Å². The van der Waals surface area contributed by atoms with Crippen LogP contribution in [0.5, 0.6) is 0 Å². The van der Waals surface area contributed by atoms with Gasteiger partial charge in [0.2, 0.25) is 10.0 Å². The maximum absolute atomic E-state index is 12.2. The Morgan fingerprint density at radius 1 is 1.15 bits per heavy atom. The zero-order chi connectivity index (χ0) is 14.8. The lowest BCUT2D eigenvalue weighted by atomic mass is 9.95. The summed E-state index contributed by atoms with van der Waals surface area (Å²) < 4.78 is 27.4. The zero-order valence-electron chi connectivity index (χ0n) is 11.8. The fraction of sp³-hybridized carbons (Fsp3) is 0.357. The third-order valence-corrected chi connectivity index (χ3v) is 6.21. The van der Waals surface area contributed by atoms with Gasteiger partial charge >= 0.3 is 0 Å². The van der Waals surface area contributed by atoms with Crippen molar-refractivity contribution in [1.82, 2.24) is 9.71 Å². The van der Waals surface area contributed by atoms with Crippen molar-refractivity contribution in [3.8, 4) is 0 Å². The van der Waals surface area contributed by atoms with Gasteiger partial charge in [-0.3, -0.25) is 4.98 Å². The number of rotatable bonds is 4. The first-order chi connectivity index (χ1) is 9.29. The molecule has 6 heteroatoms. The van der Waals surface area contributed by atoms with E-state index in [2.05, 4.69) is 30.5 Å². The van der Waals surface area contributed by atoms with Crippen LogP contribution >= 0.6 is 11.3 Å². The lowest BCUT2D eigenvalue weighted by molar-refractivity contribution is 0.583. The van der Waals surface area contributed by atoms with Crippen molar-refractivity contribution >= 4 is 21.4 Å². The lowest BCUT2D eigenvalue weighted by Gasteiger charge is -2.15. The molecular weight excluding hydrogens is 292 g/mol. The van der Waals surface area contributed by atoms with Gasteiger partial charge in [0.25, 0.3) is 0 Å². The second-order valence-electron chi connectivity index (χ2n) is 5.55. The van der Waals surface area contributed by atoms with Crippen LogP contribution in [0.2, 0.25) is 0 Å². The van der Waals surface area contributed by atoms with Gasteiger partial charge in [-0.05, 0) is 35.2 Å². The molecule has 0 unspecified atom stereocenters. The Labute approximate surface area is 123 Å². The SMILES string of the molecule is CC(C)(C)c1ccc(S(=O)(=O)NCc2ccncc2)s1. The summed E-state index contributed by atoms with van der Waals surface area (Å²) in [7, 11) is -3.45. The predicted octanol–water partition coefficient (Wildman–Crippen LogP) is 2.92. The van der Waals surface area contributed by atoms with Gasteiger partial charge in [0.15, 0.2) is 0 Å². The minimum atomic E-state index is -3.45. The first-order valence-electron chi connectivity index (χ1n) is 6.28. The molecule has 0 radical (unpaired) electrons. The molecule has 0 saturated heterocycles. The lowest BCUT2D eigenvalue weighted by Crippen LogP contribution is -2.22. The molecule has 2 aromatic heterocycles. The second kappa shape index (κ2) is 5.63. The number of sulfonamides is 1. The predicted molar refractivity (Wildman–Crippen MR) is 81.3 cm³/mol. The Morgan fingerprint density at radius 2 is 1.80 bits per heavy atom. The maximum atomic E-state index is 12.2. The van der Waals surface area contributed by atoms with Gasteiger partial charge < -0.3 is 0 Å². The molecule has 0 fully saturated rings. The molecule has 0 atom stereocenters. The van der Waals surface area contributed by atoms with Gasteiger partial charge in [0, 0.05) is 23.8 Å². The third-order valence-electron chi connectivity index (χ3n) is 2.80. The number of thiophene rings is 1. The van der Waals surface area contributed by atoms with E-state index >= 15 is 0 Å². The minimum Gasteiger partial charge on any atom is -0.265 e. The molecule has 4 nitrogen and oxygen atoms in total. The summed E-state index contributed by atoms with van der Waals surface area (Å²) >= 11 is 1.32. The summed E-state index contributed by atoms with van der Waals surface area (Å²) in [6.07, 6.45) is 3.29. The van der Waals surface area contributed by atoms with Gasteiger partial charge in [0.1, 0.15) is 4.21 Å². The molecule has 2 heterocycles. The molecule has 0 spiro atoms. The van der Waals surface area contributed by atoms with E-state index in [9.17, 15) is 8.42 Å². The molecule has 1 N–H and O–H groups in total. The quantitative estimate of drug-likeness (QED) is 0.944. The van der Waals surface area contributed by atoms with Crippen LogP contribution in [0.15, 0.2) is 40.9 Å². The van der Waals surface area contributed by atoms with Crippen molar-refractivity contribution in [3.63, 3.8) is 0 Å². The van der Waals surface area contributed by atoms with E-state index in [1.54, 1.807) is 30.6 Å². The Morgan fingerprint density at radius 3 is 2.35 bits per heavy atom. The van der Waals surface area contributed by atoms with Gasteiger partial charge in [-0.25, -0.2) is 13.1 Å². The Balaban J connectivity index is 2.13. The van der Waals surface area contributed by atoms with Crippen LogP contribution in [0, 0.1) is 0 Å². The third kappa shape index (κ3) is 3.65. The van der Waals surface area contributed by atoms with E-state index in [0.717, 1.165) is 10.4 Å². The molecule has 0 aliphatic heterocycles. The van der Waals surface area contributed by atoms with E-state index < -0.39 is 10.0 Å². The van der Waals surface area contributed by atoms with Crippen molar-refractivity contribution in [1.29, 1.82) is 0 Å². The van der Waals surface area contributed by atoms with Crippen LogP contribution in [0.3, 0.4) is 0 Å². The number of hydrogen-bond donors (Lipinski definition) is 1. The molecular formula is C14H18N2O2S2. The van der Waals surface area contributed by atoms with E-state index in [1.165, 1.54) is 11.3 Å². The first-order valence-corrected chi connectivity index (χ1v) is 8.58. The molecule has 0 aliphatic carbocycles. The van der Waals surface area contributed by atoms with Crippen LogP contribution in [0.4, 0.5) is 0 Å². The Bertz CT molecular complexity index is 671. The highest BCUT2D eigenvalue weighted by molar-refractivity contribution is 7.91. The highest BCUT2D eigenvalue weighted by Crippen LogP contribution is 2.31. The summed E-state index contributed by atoms with van der Waals surface area (Å²) in [6, 6.07) is 7.13. The molecule has 2 aromatic rings. The van der Waals surface area contributed by atoms with E-state index in [0.29, 0.717) is 4.21 Å². The van der Waals surface area contributed by atoms with E-state index in [-0.39, 0.29) is 12.0 Å². The fourth-order valence-corrected chi connectivity index (χ4v) is 4.04.